The molecule has 1 aliphatic heterocycles. The van der Waals surface area contributed by atoms with Crippen LogP contribution in [0, 0.1) is 0 Å². The van der Waals surface area contributed by atoms with Gasteiger partial charge in [-0.05, 0) is 41.6 Å². The fourth-order valence-electron chi connectivity index (χ4n) is 3.30. The summed E-state index contributed by atoms with van der Waals surface area (Å²) in [5.74, 6) is -0.110. The second kappa shape index (κ2) is 8.41. The number of nitrogens with zero attached hydrogens (tertiary/aromatic N) is 2. The molecule has 154 valence electrons. The number of anilines is 1. The van der Waals surface area contributed by atoms with Crippen LogP contribution in [0.25, 0.3) is 0 Å². The number of carbonyl (C=O) groups is 1. The number of thiophene rings is 1. The van der Waals surface area contributed by atoms with Crippen molar-refractivity contribution in [1.29, 1.82) is 0 Å². The number of hydrogen-bond donors (Lipinski definition) is 1. The monoisotopic (exact) mass is 439 g/mol. The molecule has 0 fully saturated rings. The van der Waals surface area contributed by atoms with Crippen LogP contribution in [0.15, 0.2) is 77.2 Å². The van der Waals surface area contributed by atoms with Gasteiger partial charge in [0.2, 0.25) is 10.0 Å². The largest absolute Gasteiger partial charge is 0.284 e. The predicted octanol–water partition coefficient (Wildman–Crippen LogP) is 4.50. The van der Waals surface area contributed by atoms with Gasteiger partial charge >= 0.3 is 0 Å². The summed E-state index contributed by atoms with van der Waals surface area (Å²) in [6.07, 6.45) is 0.584. The van der Waals surface area contributed by atoms with Gasteiger partial charge in [-0.1, -0.05) is 48.5 Å². The third-order valence-corrected chi connectivity index (χ3v) is 7.07. The number of rotatable bonds is 6. The lowest BCUT2D eigenvalue weighted by Crippen LogP contribution is -2.26. The SMILES string of the molecule is CCS(=O)(=O)Nc1ccc(C2=NN(C(=O)c3cccs3)[C@@H](c3ccccc3)C2)cc1. The van der Waals surface area contributed by atoms with Gasteiger partial charge in [0.1, 0.15) is 0 Å². The van der Waals surface area contributed by atoms with E-state index in [1.54, 1.807) is 30.1 Å². The summed E-state index contributed by atoms with van der Waals surface area (Å²) < 4.78 is 26.1. The number of hydrazone groups is 1. The summed E-state index contributed by atoms with van der Waals surface area (Å²) in [4.78, 5) is 13.7. The molecule has 3 aromatic rings. The van der Waals surface area contributed by atoms with E-state index < -0.39 is 10.0 Å². The number of benzene rings is 2. The molecular formula is C22H21N3O3S2. The van der Waals surface area contributed by atoms with Gasteiger partial charge in [-0.3, -0.25) is 9.52 Å². The molecule has 2 heterocycles. The highest BCUT2D eigenvalue weighted by Gasteiger charge is 2.33. The zero-order chi connectivity index (χ0) is 21.1. The van der Waals surface area contributed by atoms with Crippen molar-refractivity contribution in [3.05, 3.63) is 88.1 Å². The number of amides is 1. The number of carbonyl (C=O) groups excluding carboxylic acids is 1. The molecule has 8 heteroatoms. The molecule has 1 atom stereocenters. The fraction of sp³-hybridized carbons (Fsp3) is 0.182. The van der Waals surface area contributed by atoms with Gasteiger partial charge in [0, 0.05) is 12.1 Å². The smallest absolute Gasteiger partial charge is 0.284 e. The summed E-state index contributed by atoms with van der Waals surface area (Å²) in [6, 6.07) is 20.4. The summed E-state index contributed by atoms with van der Waals surface area (Å²) in [6.45, 7) is 1.59. The van der Waals surface area contributed by atoms with Crippen molar-refractivity contribution >= 4 is 38.7 Å². The second-order valence-electron chi connectivity index (χ2n) is 6.89. The molecule has 1 aromatic heterocycles. The third-order valence-electron chi connectivity index (χ3n) is 4.91. The summed E-state index contributed by atoms with van der Waals surface area (Å²) in [5.41, 5.74) is 3.18. The Morgan fingerprint density at radius 3 is 2.47 bits per heavy atom. The van der Waals surface area contributed by atoms with E-state index >= 15 is 0 Å². The molecular weight excluding hydrogens is 418 g/mol. The quantitative estimate of drug-likeness (QED) is 0.614. The minimum atomic E-state index is -3.33. The van der Waals surface area contributed by atoms with E-state index in [9.17, 15) is 13.2 Å². The van der Waals surface area contributed by atoms with E-state index in [2.05, 4.69) is 9.82 Å². The molecule has 6 nitrogen and oxygen atoms in total. The van der Waals surface area contributed by atoms with Crippen LogP contribution in [-0.4, -0.2) is 30.8 Å². The van der Waals surface area contributed by atoms with Gasteiger partial charge in [-0.15, -0.1) is 11.3 Å². The lowest BCUT2D eigenvalue weighted by atomic mass is 9.98. The minimum absolute atomic E-state index is 0.0139. The van der Waals surface area contributed by atoms with Gasteiger partial charge in [-0.25, -0.2) is 13.4 Å². The molecule has 1 aliphatic rings. The van der Waals surface area contributed by atoms with Crippen LogP contribution < -0.4 is 4.72 Å². The molecule has 4 rings (SSSR count). The first-order valence-corrected chi connectivity index (χ1v) is 12.1. The van der Waals surface area contributed by atoms with Crippen molar-refractivity contribution in [3.8, 4) is 0 Å². The maximum absolute atomic E-state index is 13.1. The average molecular weight is 440 g/mol. The number of hydrogen-bond acceptors (Lipinski definition) is 5. The van der Waals surface area contributed by atoms with Crippen LogP contribution in [0.3, 0.4) is 0 Å². The van der Waals surface area contributed by atoms with Crippen molar-refractivity contribution in [2.45, 2.75) is 19.4 Å². The second-order valence-corrected chi connectivity index (χ2v) is 9.85. The predicted molar refractivity (Wildman–Crippen MR) is 120 cm³/mol. The molecule has 0 spiro atoms. The van der Waals surface area contributed by atoms with Crippen LogP contribution in [0.2, 0.25) is 0 Å². The molecule has 30 heavy (non-hydrogen) atoms. The van der Waals surface area contributed by atoms with Crippen LogP contribution >= 0.6 is 11.3 Å². The van der Waals surface area contributed by atoms with E-state index in [1.807, 2.05) is 53.9 Å². The molecule has 1 amide bonds. The highest BCUT2D eigenvalue weighted by Crippen LogP contribution is 2.34. The van der Waals surface area contributed by atoms with Crippen LogP contribution in [-0.2, 0) is 10.0 Å². The Kier molecular flexibility index (Phi) is 5.69. The normalized spacial score (nSPS) is 16.4. The van der Waals surface area contributed by atoms with Gasteiger partial charge in [-0.2, -0.15) is 5.10 Å². The van der Waals surface area contributed by atoms with Crippen molar-refractivity contribution in [2.75, 3.05) is 10.5 Å². The van der Waals surface area contributed by atoms with Crippen molar-refractivity contribution in [2.24, 2.45) is 5.10 Å². The molecule has 2 aromatic carbocycles. The molecule has 0 aliphatic carbocycles. The van der Waals surface area contributed by atoms with E-state index in [4.69, 9.17) is 0 Å². The molecule has 0 bridgehead atoms. The van der Waals surface area contributed by atoms with Gasteiger partial charge in [0.15, 0.2) is 0 Å². The average Bonchev–Trinajstić information content (AvgIpc) is 3.45. The maximum Gasteiger partial charge on any atom is 0.284 e. The lowest BCUT2D eigenvalue weighted by Gasteiger charge is -2.21. The van der Waals surface area contributed by atoms with Crippen molar-refractivity contribution in [3.63, 3.8) is 0 Å². The van der Waals surface area contributed by atoms with E-state index in [-0.39, 0.29) is 17.7 Å². The fourth-order valence-corrected chi connectivity index (χ4v) is 4.60. The van der Waals surface area contributed by atoms with E-state index in [0.29, 0.717) is 17.0 Å². The third kappa shape index (κ3) is 4.29. The van der Waals surface area contributed by atoms with E-state index in [1.165, 1.54) is 11.3 Å². The Labute approximate surface area is 179 Å². The Balaban J connectivity index is 1.63. The Morgan fingerprint density at radius 2 is 1.83 bits per heavy atom. The number of nitrogens with one attached hydrogen (secondary N) is 1. The maximum atomic E-state index is 13.1. The highest BCUT2D eigenvalue weighted by atomic mass is 32.2. The van der Waals surface area contributed by atoms with Crippen molar-refractivity contribution in [1.82, 2.24) is 5.01 Å². The molecule has 0 saturated carbocycles. The van der Waals surface area contributed by atoms with Crippen LogP contribution in [0.4, 0.5) is 5.69 Å². The summed E-state index contributed by atoms with van der Waals surface area (Å²) >= 11 is 1.40. The Hall–Kier alpha value is -2.97. The van der Waals surface area contributed by atoms with E-state index in [0.717, 1.165) is 16.8 Å². The topological polar surface area (TPSA) is 78.8 Å². The Morgan fingerprint density at radius 1 is 1.10 bits per heavy atom. The van der Waals surface area contributed by atoms with Crippen LogP contribution in [0.1, 0.15) is 40.2 Å². The Bertz CT molecular complexity index is 1160. The van der Waals surface area contributed by atoms with Gasteiger partial charge in [0.25, 0.3) is 5.91 Å². The molecule has 0 radical (unpaired) electrons. The summed E-state index contributed by atoms with van der Waals surface area (Å²) in [7, 11) is -3.33. The lowest BCUT2D eigenvalue weighted by molar-refractivity contribution is 0.0716. The zero-order valence-electron chi connectivity index (χ0n) is 16.4. The zero-order valence-corrected chi connectivity index (χ0v) is 18.0. The molecule has 0 unspecified atom stereocenters. The summed E-state index contributed by atoms with van der Waals surface area (Å²) in [5, 5.41) is 8.10. The van der Waals surface area contributed by atoms with Crippen molar-refractivity contribution < 1.29 is 13.2 Å². The first-order valence-electron chi connectivity index (χ1n) is 9.57. The minimum Gasteiger partial charge on any atom is -0.284 e. The van der Waals surface area contributed by atoms with Crippen LogP contribution in [0.5, 0.6) is 0 Å². The molecule has 1 N–H and O–H groups in total. The van der Waals surface area contributed by atoms with Gasteiger partial charge in [0.05, 0.1) is 22.4 Å². The first-order chi connectivity index (χ1) is 14.5. The standard InChI is InChI=1S/C22H21N3O3S2/c1-2-30(27,28)24-18-12-10-16(11-13-18)19-15-20(17-7-4-3-5-8-17)25(23-19)22(26)21-9-6-14-29-21/h3-14,20,24H,2,15H2,1H3/t20-/m1/s1. The first kappa shape index (κ1) is 20.3. The highest BCUT2D eigenvalue weighted by molar-refractivity contribution is 7.92. The molecule has 0 saturated heterocycles. The van der Waals surface area contributed by atoms with Gasteiger partial charge < -0.3 is 0 Å². The number of sulfonamides is 1.